The summed E-state index contributed by atoms with van der Waals surface area (Å²) in [6.45, 7) is 1.62. The van der Waals surface area contributed by atoms with Crippen LogP contribution in [0, 0.1) is 0 Å². The Morgan fingerprint density at radius 1 is 1.25 bits per heavy atom. The molecule has 1 saturated carbocycles. The van der Waals surface area contributed by atoms with Crippen molar-refractivity contribution >= 4 is 11.9 Å². The molecule has 3 rings (SSSR count). The molecule has 3 unspecified atom stereocenters. The smallest absolute Gasteiger partial charge is 0.361 e. The van der Waals surface area contributed by atoms with Crippen molar-refractivity contribution < 1.29 is 45.6 Å². The molecule has 0 bridgehead atoms. The summed E-state index contributed by atoms with van der Waals surface area (Å²) < 4.78 is 11.1. The van der Waals surface area contributed by atoms with Gasteiger partial charge < -0.3 is 36.0 Å². The molecular weight excluding hydrogens is 426 g/mol. The van der Waals surface area contributed by atoms with Gasteiger partial charge in [0, 0.05) is 6.42 Å². The van der Waals surface area contributed by atoms with Crippen LogP contribution in [0.3, 0.4) is 0 Å². The highest BCUT2D eigenvalue weighted by Crippen LogP contribution is 2.42. The SMILES string of the molecule is COC(=O)C[N+]1(C)CCC(OC(=O)C(c2ccccc2)C2(O)CCCC2)C1.[Br-]. The van der Waals surface area contributed by atoms with Crippen LogP contribution in [0.2, 0.25) is 0 Å². The number of carbonyl (C=O) groups excluding carboxylic acids is 2. The van der Waals surface area contributed by atoms with Gasteiger partial charge in [-0.2, -0.15) is 0 Å². The number of aliphatic hydroxyl groups is 1. The maximum absolute atomic E-state index is 13.1. The molecule has 1 N–H and O–H groups in total. The second-order valence-corrected chi connectivity index (χ2v) is 8.26. The van der Waals surface area contributed by atoms with Crippen molar-refractivity contribution in [2.45, 2.75) is 49.7 Å². The lowest BCUT2D eigenvalue weighted by Crippen LogP contribution is -3.00. The molecule has 1 aliphatic carbocycles. The minimum Gasteiger partial charge on any atom is -1.00 e. The van der Waals surface area contributed by atoms with Crippen LogP contribution in [-0.4, -0.2) is 67.0 Å². The number of nitrogens with zero attached hydrogens (tertiary/aromatic N) is 1. The van der Waals surface area contributed by atoms with E-state index in [1.54, 1.807) is 0 Å². The number of rotatable bonds is 6. The Hall–Kier alpha value is -1.44. The third-order valence-corrected chi connectivity index (χ3v) is 6.03. The molecule has 0 radical (unpaired) electrons. The third-order valence-electron chi connectivity index (χ3n) is 6.03. The molecule has 1 heterocycles. The number of benzene rings is 1. The van der Waals surface area contributed by atoms with Gasteiger partial charge in [-0.15, -0.1) is 0 Å². The normalized spacial score (nSPS) is 26.9. The van der Waals surface area contributed by atoms with Gasteiger partial charge in [-0.3, -0.25) is 4.79 Å². The van der Waals surface area contributed by atoms with Crippen LogP contribution in [0.4, 0.5) is 0 Å². The van der Waals surface area contributed by atoms with E-state index >= 15 is 0 Å². The Bertz CT molecular complexity index is 677. The van der Waals surface area contributed by atoms with Crippen LogP contribution in [0.25, 0.3) is 0 Å². The molecule has 1 saturated heterocycles. The van der Waals surface area contributed by atoms with Gasteiger partial charge in [-0.05, 0) is 18.4 Å². The van der Waals surface area contributed by atoms with Gasteiger partial charge in [0.15, 0.2) is 12.6 Å². The zero-order chi connectivity index (χ0) is 19.5. The summed E-state index contributed by atoms with van der Waals surface area (Å²) in [6.07, 6.45) is 3.53. The highest BCUT2D eigenvalue weighted by atomic mass is 79.9. The van der Waals surface area contributed by atoms with Crippen LogP contribution >= 0.6 is 0 Å². The summed E-state index contributed by atoms with van der Waals surface area (Å²) in [6, 6.07) is 9.43. The largest absolute Gasteiger partial charge is 1.00 e. The van der Waals surface area contributed by atoms with E-state index in [4.69, 9.17) is 9.47 Å². The van der Waals surface area contributed by atoms with E-state index in [2.05, 4.69) is 0 Å². The molecular formula is C21H30BrNO5. The summed E-state index contributed by atoms with van der Waals surface area (Å²) in [5.41, 5.74) is -0.238. The molecule has 1 aliphatic heterocycles. The Kier molecular flexibility index (Phi) is 7.65. The van der Waals surface area contributed by atoms with Crippen molar-refractivity contribution in [2.75, 3.05) is 33.8 Å². The summed E-state index contributed by atoms with van der Waals surface area (Å²) >= 11 is 0. The zero-order valence-corrected chi connectivity index (χ0v) is 18.2. The van der Waals surface area contributed by atoms with Crippen LogP contribution < -0.4 is 17.0 Å². The average Bonchev–Trinajstić information content (AvgIpc) is 3.22. The number of likely N-dealkylation sites (tertiary alicyclic amines) is 1. The highest BCUT2D eigenvalue weighted by Gasteiger charge is 2.47. The molecule has 2 aliphatic rings. The Morgan fingerprint density at radius 2 is 1.89 bits per heavy atom. The molecule has 156 valence electrons. The monoisotopic (exact) mass is 455 g/mol. The number of methoxy groups -OCH3 is 1. The van der Waals surface area contributed by atoms with Gasteiger partial charge in [-0.25, -0.2) is 4.79 Å². The zero-order valence-electron chi connectivity index (χ0n) is 16.6. The first kappa shape index (κ1) is 22.8. The van der Waals surface area contributed by atoms with Crippen molar-refractivity contribution in [3.05, 3.63) is 35.9 Å². The first-order chi connectivity index (χ1) is 12.9. The minimum atomic E-state index is -1.04. The Labute approximate surface area is 177 Å². The van der Waals surface area contributed by atoms with E-state index in [1.807, 2.05) is 37.4 Å². The van der Waals surface area contributed by atoms with E-state index in [9.17, 15) is 14.7 Å². The Morgan fingerprint density at radius 3 is 2.50 bits per heavy atom. The lowest BCUT2D eigenvalue weighted by molar-refractivity contribution is -0.891. The summed E-state index contributed by atoms with van der Waals surface area (Å²) in [7, 11) is 3.36. The fraction of sp³-hybridized carbons (Fsp3) is 0.619. The van der Waals surface area contributed by atoms with Crippen molar-refractivity contribution in [3.63, 3.8) is 0 Å². The first-order valence-corrected chi connectivity index (χ1v) is 9.73. The lowest BCUT2D eigenvalue weighted by Gasteiger charge is -2.32. The van der Waals surface area contributed by atoms with Crippen molar-refractivity contribution in [1.29, 1.82) is 0 Å². The van der Waals surface area contributed by atoms with Gasteiger partial charge in [-0.1, -0.05) is 43.2 Å². The molecule has 0 spiro atoms. The molecule has 3 atom stereocenters. The van der Waals surface area contributed by atoms with E-state index in [0.717, 1.165) is 24.9 Å². The van der Waals surface area contributed by atoms with Gasteiger partial charge in [0.25, 0.3) is 0 Å². The molecule has 28 heavy (non-hydrogen) atoms. The number of hydrogen-bond donors (Lipinski definition) is 1. The summed E-state index contributed by atoms with van der Waals surface area (Å²) in [4.78, 5) is 24.7. The standard InChI is InChI=1S/C21H30NO5.BrH/c1-22(15-18(23)26-2)13-10-17(14-22)27-20(24)19(16-8-4-3-5-9-16)21(25)11-6-7-12-21;/h3-5,8-9,17,19,25H,6-7,10-15H2,1-2H3;1H/q+1;/p-1. The molecule has 2 fully saturated rings. The van der Waals surface area contributed by atoms with E-state index in [0.29, 0.717) is 30.3 Å². The number of carbonyl (C=O) groups is 2. The van der Waals surface area contributed by atoms with Crippen LogP contribution in [0.15, 0.2) is 30.3 Å². The topological polar surface area (TPSA) is 72.8 Å². The van der Waals surface area contributed by atoms with Gasteiger partial charge in [0.05, 0.1) is 26.3 Å². The molecule has 6 nitrogen and oxygen atoms in total. The lowest BCUT2D eigenvalue weighted by atomic mass is 9.80. The van der Waals surface area contributed by atoms with Gasteiger partial charge in [0.1, 0.15) is 12.5 Å². The highest BCUT2D eigenvalue weighted by molar-refractivity contribution is 5.80. The van der Waals surface area contributed by atoms with Crippen molar-refractivity contribution in [1.82, 2.24) is 0 Å². The van der Waals surface area contributed by atoms with E-state index < -0.39 is 11.5 Å². The molecule has 1 aromatic rings. The fourth-order valence-electron chi connectivity index (χ4n) is 4.57. The number of esters is 2. The second kappa shape index (κ2) is 9.37. The number of hydrogen-bond acceptors (Lipinski definition) is 5. The minimum absolute atomic E-state index is 0. The van der Waals surface area contributed by atoms with Crippen LogP contribution in [0.5, 0.6) is 0 Å². The molecule has 7 heteroatoms. The molecule has 0 amide bonds. The van der Waals surface area contributed by atoms with E-state index in [-0.39, 0.29) is 41.6 Å². The molecule has 0 aromatic heterocycles. The average molecular weight is 456 g/mol. The van der Waals surface area contributed by atoms with Crippen LogP contribution in [0.1, 0.15) is 43.6 Å². The Balaban J connectivity index is 0.00000280. The second-order valence-electron chi connectivity index (χ2n) is 8.26. The summed E-state index contributed by atoms with van der Waals surface area (Å²) in [5.74, 6) is -1.28. The predicted molar refractivity (Wildman–Crippen MR) is 99.9 cm³/mol. The maximum Gasteiger partial charge on any atom is 0.361 e. The van der Waals surface area contributed by atoms with Gasteiger partial charge in [0.2, 0.25) is 0 Å². The molecule has 1 aromatic carbocycles. The quantitative estimate of drug-likeness (QED) is 0.440. The third kappa shape index (κ3) is 5.13. The number of quaternary nitrogens is 1. The number of ether oxygens (including phenoxy) is 2. The van der Waals surface area contributed by atoms with E-state index in [1.165, 1.54) is 7.11 Å². The predicted octanol–water partition coefficient (Wildman–Crippen LogP) is -0.986. The first-order valence-electron chi connectivity index (χ1n) is 9.73. The maximum atomic E-state index is 13.1. The van der Waals surface area contributed by atoms with Crippen LogP contribution in [-0.2, 0) is 19.1 Å². The van der Waals surface area contributed by atoms with Gasteiger partial charge >= 0.3 is 11.9 Å². The fourth-order valence-corrected chi connectivity index (χ4v) is 4.57. The number of likely N-dealkylation sites (N-methyl/N-ethyl adjacent to an activating group) is 1. The van der Waals surface area contributed by atoms with Crippen molar-refractivity contribution in [3.8, 4) is 0 Å². The summed E-state index contributed by atoms with van der Waals surface area (Å²) in [5, 5.41) is 11.1. The van der Waals surface area contributed by atoms with Crippen molar-refractivity contribution in [2.24, 2.45) is 0 Å². The number of halogens is 1.